The molecule has 2 aromatic rings. The van der Waals surface area contributed by atoms with Crippen LogP contribution >= 0.6 is 23.2 Å². The second kappa shape index (κ2) is 10.3. The van der Waals surface area contributed by atoms with Gasteiger partial charge in [-0.25, -0.2) is 0 Å². The van der Waals surface area contributed by atoms with E-state index < -0.39 is 6.04 Å². The maximum Gasteiger partial charge on any atom is 0.242 e. The number of benzene rings is 2. The summed E-state index contributed by atoms with van der Waals surface area (Å²) >= 11 is 12.2. The predicted octanol–water partition coefficient (Wildman–Crippen LogP) is 4.48. The molecule has 0 bridgehead atoms. The summed E-state index contributed by atoms with van der Waals surface area (Å²) in [6.45, 7) is 4.43. The van der Waals surface area contributed by atoms with Gasteiger partial charge in [0.1, 0.15) is 6.04 Å². The number of carbonyl (C=O) groups is 2. The minimum atomic E-state index is -0.581. The lowest BCUT2D eigenvalue weighted by Crippen LogP contribution is -2.47. The molecule has 2 rings (SSSR count). The van der Waals surface area contributed by atoms with Gasteiger partial charge in [0.15, 0.2) is 0 Å². The molecule has 0 saturated carbocycles. The number of hydrogen-bond donors (Lipinski definition) is 1. The molecule has 0 radical (unpaired) electrons. The maximum absolute atomic E-state index is 12.9. The second-order valence-corrected chi connectivity index (χ2v) is 7.16. The van der Waals surface area contributed by atoms with E-state index in [1.54, 1.807) is 24.0 Å². The van der Waals surface area contributed by atoms with Crippen molar-refractivity contribution in [2.45, 2.75) is 39.3 Å². The quantitative estimate of drug-likeness (QED) is 0.702. The van der Waals surface area contributed by atoms with E-state index in [0.717, 1.165) is 11.1 Å². The summed E-state index contributed by atoms with van der Waals surface area (Å²) in [5.41, 5.74) is 1.80. The van der Waals surface area contributed by atoms with E-state index in [4.69, 9.17) is 23.2 Å². The van der Waals surface area contributed by atoms with E-state index in [2.05, 4.69) is 5.32 Å². The highest BCUT2D eigenvalue weighted by Gasteiger charge is 2.25. The van der Waals surface area contributed by atoms with Crippen molar-refractivity contribution >= 4 is 35.0 Å². The third-order valence-electron chi connectivity index (χ3n) is 4.33. The molecule has 1 N–H and O–H groups in total. The van der Waals surface area contributed by atoms with Crippen molar-refractivity contribution in [3.05, 3.63) is 69.7 Å². The SMILES string of the molecule is CCNC(=O)[C@@H](C)N(Cc1cccc(Cl)c1)C(=O)CCc1ccccc1Cl. The van der Waals surface area contributed by atoms with Crippen LogP contribution in [0.4, 0.5) is 0 Å². The van der Waals surface area contributed by atoms with Crippen molar-refractivity contribution in [2.24, 2.45) is 0 Å². The summed E-state index contributed by atoms with van der Waals surface area (Å²) < 4.78 is 0. The summed E-state index contributed by atoms with van der Waals surface area (Å²) in [6, 6.07) is 14.2. The minimum absolute atomic E-state index is 0.103. The van der Waals surface area contributed by atoms with Crippen LogP contribution in [-0.4, -0.2) is 29.3 Å². The van der Waals surface area contributed by atoms with Crippen molar-refractivity contribution in [1.29, 1.82) is 0 Å². The standard InChI is InChI=1S/C21H24Cl2N2O2/c1-3-24-21(27)15(2)25(14-16-7-6-9-18(22)13-16)20(26)12-11-17-8-4-5-10-19(17)23/h4-10,13,15H,3,11-12,14H2,1-2H3,(H,24,27)/t15-/m1/s1. The predicted molar refractivity (Wildman–Crippen MR) is 110 cm³/mol. The number of aryl methyl sites for hydroxylation is 1. The van der Waals surface area contributed by atoms with E-state index in [1.165, 1.54) is 0 Å². The molecule has 0 spiro atoms. The van der Waals surface area contributed by atoms with Crippen LogP contribution in [0.25, 0.3) is 0 Å². The fourth-order valence-corrected chi connectivity index (χ4v) is 3.27. The first kappa shape index (κ1) is 21.3. The fourth-order valence-electron chi connectivity index (χ4n) is 2.82. The van der Waals surface area contributed by atoms with E-state index >= 15 is 0 Å². The Morgan fingerprint density at radius 3 is 2.52 bits per heavy atom. The molecule has 0 aliphatic carbocycles. The van der Waals surface area contributed by atoms with Gasteiger partial charge in [-0.2, -0.15) is 0 Å². The highest BCUT2D eigenvalue weighted by Crippen LogP contribution is 2.19. The third kappa shape index (κ3) is 6.26. The molecule has 0 aliphatic heterocycles. The van der Waals surface area contributed by atoms with Gasteiger partial charge < -0.3 is 10.2 Å². The van der Waals surface area contributed by atoms with Gasteiger partial charge in [-0.05, 0) is 49.6 Å². The van der Waals surface area contributed by atoms with E-state index in [0.29, 0.717) is 29.6 Å². The third-order valence-corrected chi connectivity index (χ3v) is 4.93. The van der Waals surface area contributed by atoms with Crippen LogP contribution in [0.1, 0.15) is 31.4 Å². The molecule has 0 aromatic heterocycles. The van der Waals surface area contributed by atoms with Crippen LogP contribution in [0, 0.1) is 0 Å². The Morgan fingerprint density at radius 1 is 1.11 bits per heavy atom. The van der Waals surface area contributed by atoms with Crippen molar-refractivity contribution in [3.8, 4) is 0 Å². The van der Waals surface area contributed by atoms with Gasteiger partial charge in [-0.15, -0.1) is 0 Å². The van der Waals surface area contributed by atoms with Crippen LogP contribution in [0.15, 0.2) is 48.5 Å². The second-order valence-electron chi connectivity index (χ2n) is 6.31. The fraction of sp³-hybridized carbons (Fsp3) is 0.333. The highest BCUT2D eigenvalue weighted by atomic mass is 35.5. The van der Waals surface area contributed by atoms with Crippen LogP contribution in [-0.2, 0) is 22.6 Å². The summed E-state index contributed by atoms with van der Waals surface area (Å²) in [5.74, 6) is -0.278. The normalized spacial score (nSPS) is 11.7. The van der Waals surface area contributed by atoms with Gasteiger partial charge >= 0.3 is 0 Å². The molecular weight excluding hydrogens is 383 g/mol. The number of carbonyl (C=O) groups excluding carboxylic acids is 2. The van der Waals surface area contributed by atoms with Gasteiger partial charge in [-0.1, -0.05) is 53.5 Å². The Balaban J connectivity index is 2.15. The lowest BCUT2D eigenvalue weighted by atomic mass is 10.1. The highest BCUT2D eigenvalue weighted by molar-refractivity contribution is 6.31. The molecule has 2 amide bonds. The van der Waals surface area contributed by atoms with Crippen LogP contribution in [0.2, 0.25) is 10.0 Å². The molecule has 144 valence electrons. The number of halogens is 2. The Bertz CT molecular complexity index is 795. The van der Waals surface area contributed by atoms with Gasteiger partial charge in [0.05, 0.1) is 0 Å². The van der Waals surface area contributed by atoms with Crippen LogP contribution < -0.4 is 5.32 Å². The molecule has 6 heteroatoms. The molecule has 0 saturated heterocycles. The van der Waals surface area contributed by atoms with E-state index in [-0.39, 0.29) is 18.2 Å². The van der Waals surface area contributed by atoms with E-state index in [1.807, 2.05) is 43.3 Å². The van der Waals surface area contributed by atoms with Gasteiger partial charge in [-0.3, -0.25) is 9.59 Å². The van der Waals surface area contributed by atoms with Crippen molar-refractivity contribution in [3.63, 3.8) is 0 Å². The smallest absolute Gasteiger partial charge is 0.242 e. The number of nitrogens with zero attached hydrogens (tertiary/aromatic N) is 1. The number of nitrogens with one attached hydrogen (secondary N) is 1. The summed E-state index contributed by atoms with van der Waals surface area (Å²) in [4.78, 5) is 26.9. The molecule has 27 heavy (non-hydrogen) atoms. The molecule has 0 fully saturated rings. The summed E-state index contributed by atoms with van der Waals surface area (Å²) in [5, 5.41) is 4.02. The lowest BCUT2D eigenvalue weighted by molar-refractivity contribution is -0.140. The molecule has 4 nitrogen and oxygen atoms in total. The topological polar surface area (TPSA) is 49.4 Å². The zero-order valence-electron chi connectivity index (χ0n) is 15.5. The van der Waals surface area contributed by atoms with Crippen LogP contribution in [0.3, 0.4) is 0 Å². The molecule has 0 heterocycles. The summed E-state index contributed by atoms with van der Waals surface area (Å²) in [6.07, 6.45) is 0.792. The Hall–Kier alpha value is -2.04. The van der Waals surface area contributed by atoms with Gasteiger partial charge in [0.25, 0.3) is 0 Å². The molecular formula is C21H24Cl2N2O2. The molecule has 2 aromatic carbocycles. The average molecular weight is 407 g/mol. The number of rotatable bonds is 8. The Kier molecular flexibility index (Phi) is 8.14. The maximum atomic E-state index is 12.9. The van der Waals surface area contributed by atoms with Gasteiger partial charge in [0, 0.05) is 29.6 Å². The minimum Gasteiger partial charge on any atom is -0.355 e. The average Bonchev–Trinajstić information content (AvgIpc) is 2.65. The zero-order chi connectivity index (χ0) is 19.8. The number of amides is 2. The number of hydrogen-bond acceptors (Lipinski definition) is 2. The zero-order valence-corrected chi connectivity index (χ0v) is 17.1. The Labute approximate surface area is 170 Å². The monoisotopic (exact) mass is 406 g/mol. The Morgan fingerprint density at radius 2 is 1.85 bits per heavy atom. The lowest BCUT2D eigenvalue weighted by Gasteiger charge is -2.29. The number of likely N-dealkylation sites (N-methyl/N-ethyl adjacent to an activating group) is 1. The molecule has 1 atom stereocenters. The van der Waals surface area contributed by atoms with Crippen LogP contribution in [0.5, 0.6) is 0 Å². The van der Waals surface area contributed by atoms with Gasteiger partial charge in [0.2, 0.25) is 11.8 Å². The first-order valence-electron chi connectivity index (χ1n) is 8.97. The molecule has 0 aliphatic rings. The van der Waals surface area contributed by atoms with Crippen molar-refractivity contribution < 1.29 is 9.59 Å². The van der Waals surface area contributed by atoms with Crippen molar-refractivity contribution in [2.75, 3.05) is 6.54 Å². The molecule has 0 unspecified atom stereocenters. The largest absolute Gasteiger partial charge is 0.355 e. The first-order valence-corrected chi connectivity index (χ1v) is 9.73. The van der Waals surface area contributed by atoms with Crippen molar-refractivity contribution in [1.82, 2.24) is 10.2 Å². The van der Waals surface area contributed by atoms with E-state index in [9.17, 15) is 9.59 Å². The summed E-state index contributed by atoms with van der Waals surface area (Å²) in [7, 11) is 0. The first-order chi connectivity index (χ1) is 12.9.